The molecular weight excluding hydrogens is 222 g/mol. The number of nitrogens with zero attached hydrogens (tertiary/aromatic N) is 1. The summed E-state index contributed by atoms with van der Waals surface area (Å²) in [5.74, 6) is -1.71. The molecule has 5 nitrogen and oxygen atoms in total. The van der Waals surface area contributed by atoms with Gasteiger partial charge in [0.15, 0.2) is 0 Å². The van der Waals surface area contributed by atoms with Crippen molar-refractivity contribution in [3.8, 4) is 0 Å². The van der Waals surface area contributed by atoms with E-state index in [1.807, 2.05) is 6.08 Å². The van der Waals surface area contributed by atoms with Crippen LogP contribution in [0.25, 0.3) is 0 Å². The second-order valence-electron chi connectivity index (χ2n) is 3.09. The normalized spacial score (nSPS) is 12.5. The fourth-order valence-electron chi connectivity index (χ4n) is 0.837. The zero-order valence-electron chi connectivity index (χ0n) is 9.63. The number of rotatable bonds is 5. The lowest BCUT2D eigenvalue weighted by Crippen LogP contribution is -2.22. The van der Waals surface area contributed by atoms with E-state index >= 15 is 0 Å². The molecule has 1 aliphatic rings. The van der Waals surface area contributed by atoms with Crippen LogP contribution in [-0.4, -0.2) is 29.4 Å². The number of carbonyl (C=O) groups excluding carboxylic acids is 1. The minimum atomic E-state index is -1.17. The Bertz CT molecular complexity index is 351. The van der Waals surface area contributed by atoms with Gasteiger partial charge in [-0.3, -0.25) is 9.79 Å². The molecule has 0 spiro atoms. The molecule has 1 rings (SSSR count). The van der Waals surface area contributed by atoms with Crippen molar-refractivity contribution in [3.63, 3.8) is 0 Å². The summed E-state index contributed by atoms with van der Waals surface area (Å²) in [5.41, 5.74) is -0.143. The third kappa shape index (κ3) is 6.83. The van der Waals surface area contributed by atoms with Gasteiger partial charge in [0, 0.05) is 25.8 Å². The number of aliphatic carboxylic acids is 1. The maximum Gasteiger partial charge on any atom is 0.334 e. The quantitative estimate of drug-likeness (QED) is 0.448. The van der Waals surface area contributed by atoms with E-state index in [0.717, 1.165) is 0 Å². The lowest BCUT2D eigenvalue weighted by atomic mass is 10.1. The fourth-order valence-corrected chi connectivity index (χ4v) is 0.837. The van der Waals surface area contributed by atoms with Crippen LogP contribution in [0.3, 0.4) is 0 Å². The standard InChI is InChI=1S/C9H12O4.C3H3N/c1-4-5-8(13-7(3)10)6(2)9(11)12;1-2-4-3-1/h4,8H,1-2,5H2,3H3,(H,11,12);1-3H. The fraction of sp³-hybridized carbons (Fsp3) is 0.250. The van der Waals surface area contributed by atoms with Crippen LogP contribution in [0.2, 0.25) is 0 Å². The second-order valence-corrected chi connectivity index (χ2v) is 3.09. The Kier molecular flexibility index (Phi) is 7.01. The maximum atomic E-state index is 10.6. The summed E-state index contributed by atoms with van der Waals surface area (Å²) in [6.45, 7) is 7.94. The number of hydrogen-bond donors (Lipinski definition) is 1. The van der Waals surface area contributed by atoms with Gasteiger partial charge in [-0.2, -0.15) is 0 Å². The highest BCUT2D eigenvalue weighted by molar-refractivity contribution is 5.87. The average molecular weight is 237 g/mol. The van der Waals surface area contributed by atoms with Gasteiger partial charge >= 0.3 is 11.9 Å². The molecule has 0 aromatic heterocycles. The van der Waals surface area contributed by atoms with Crippen molar-refractivity contribution in [2.75, 3.05) is 0 Å². The first-order valence-corrected chi connectivity index (χ1v) is 4.87. The van der Waals surface area contributed by atoms with Crippen LogP contribution in [0.4, 0.5) is 0 Å². The van der Waals surface area contributed by atoms with Crippen LogP contribution in [0, 0.1) is 0 Å². The van der Waals surface area contributed by atoms with Gasteiger partial charge in [0.1, 0.15) is 6.10 Å². The molecule has 1 heterocycles. The molecule has 1 unspecified atom stereocenters. The van der Waals surface area contributed by atoms with Crippen molar-refractivity contribution in [2.45, 2.75) is 19.4 Å². The highest BCUT2D eigenvalue weighted by Crippen LogP contribution is 2.10. The van der Waals surface area contributed by atoms with Gasteiger partial charge in [-0.05, 0) is 6.08 Å². The van der Waals surface area contributed by atoms with Crippen LogP contribution in [0.1, 0.15) is 13.3 Å². The van der Waals surface area contributed by atoms with Gasteiger partial charge in [-0.25, -0.2) is 4.79 Å². The molecule has 1 atom stereocenters. The number of carbonyl (C=O) groups is 2. The minimum Gasteiger partial charge on any atom is -0.478 e. The van der Waals surface area contributed by atoms with E-state index in [2.05, 4.69) is 18.2 Å². The predicted molar refractivity (Wildman–Crippen MR) is 64.8 cm³/mol. The average Bonchev–Trinajstić information content (AvgIpc) is 2.12. The van der Waals surface area contributed by atoms with Gasteiger partial charge in [-0.1, -0.05) is 12.7 Å². The summed E-state index contributed by atoms with van der Waals surface area (Å²) in [5, 5.41) is 8.57. The molecule has 0 bridgehead atoms. The van der Waals surface area contributed by atoms with Gasteiger partial charge in [0.2, 0.25) is 0 Å². The Morgan fingerprint density at radius 2 is 2.06 bits per heavy atom. The van der Waals surface area contributed by atoms with Gasteiger partial charge in [-0.15, -0.1) is 6.58 Å². The monoisotopic (exact) mass is 237 g/mol. The third-order valence-electron chi connectivity index (χ3n) is 1.70. The molecule has 92 valence electrons. The first kappa shape index (κ1) is 14.8. The van der Waals surface area contributed by atoms with E-state index in [-0.39, 0.29) is 12.0 Å². The van der Waals surface area contributed by atoms with Crippen molar-refractivity contribution >= 4 is 18.2 Å². The first-order valence-electron chi connectivity index (χ1n) is 4.87. The zero-order chi connectivity index (χ0) is 13.3. The number of hydrogen-bond acceptors (Lipinski definition) is 4. The van der Waals surface area contributed by atoms with E-state index in [9.17, 15) is 9.59 Å². The van der Waals surface area contributed by atoms with Crippen LogP contribution in [0.5, 0.6) is 0 Å². The predicted octanol–water partition coefficient (Wildman–Crippen LogP) is 1.72. The summed E-state index contributed by atoms with van der Waals surface area (Å²) in [6, 6.07) is 0. The summed E-state index contributed by atoms with van der Waals surface area (Å²) < 4.78 is 4.72. The molecule has 0 saturated carbocycles. The molecule has 5 heteroatoms. The molecule has 0 radical (unpaired) electrons. The van der Waals surface area contributed by atoms with Crippen LogP contribution in [0.15, 0.2) is 42.1 Å². The van der Waals surface area contributed by atoms with Crippen molar-refractivity contribution in [2.24, 2.45) is 4.99 Å². The molecule has 1 N–H and O–H groups in total. The Hall–Kier alpha value is -2.17. The summed E-state index contributed by atoms with van der Waals surface area (Å²) in [7, 11) is 0. The molecule has 1 aliphatic heterocycles. The summed E-state index contributed by atoms with van der Waals surface area (Å²) in [6.07, 6.45) is 6.31. The largest absolute Gasteiger partial charge is 0.478 e. The number of allylic oxidation sites excluding steroid dienone is 1. The topological polar surface area (TPSA) is 76.0 Å². The molecule has 0 fully saturated rings. The molecule has 0 aliphatic carbocycles. The van der Waals surface area contributed by atoms with Crippen molar-refractivity contribution in [1.82, 2.24) is 0 Å². The van der Waals surface area contributed by atoms with Crippen molar-refractivity contribution in [1.29, 1.82) is 0 Å². The third-order valence-corrected chi connectivity index (χ3v) is 1.70. The van der Waals surface area contributed by atoms with E-state index in [0.29, 0.717) is 0 Å². The van der Waals surface area contributed by atoms with Crippen molar-refractivity contribution < 1.29 is 19.4 Å². The summed E-state index contributed by atoms with van der Waals surface area (Å²) >= 11 is 0. The van der Waals surface area contributed by atoms with Crippen LogP contribution < -0.4 is 0 Å². The first-order chi connectivity index (χ1) is 7.99. The molecule has 0 aromatic carbocycles. The van der Waals surface area contributed by atoms with Crippen LogP contribution >= 0.6 is 0 Å². The molecule has 0 amide bonds. The smallest absolute Gasteiger partial charge is 0.334 e. The summed E-state index contributed by atoms with van der Waals surface area (Å²) in [4.78, 5) is 24.6. The Labute approximate surface area is 99.8 Å². The number of ether oxygens (including phenoxy) is 1. The maximum absolute atomic E-state index is 10.6. The number of carboxylic acid groups (broad SMARTS) is 1. The zero-order valence-corrected chi connectivity index (χ0v) is 9.63. The van der Waals surface area contributed by atoms with Gasteiger partial charge < -0.3 is 9.84 Å². The van der Waals surface area contributed by atoms with E-state index in [1.165, 1.54) is 13.0 Å². The van der Waals surface area contributed by atoms with Gasteiger partial charge in [0.25, 0.3) is 0 Å². The number of carboxylic acids is 1. The molecule has 17 heavy (non-hydrogen) atoms. The van der Waals surface area contributed by atoms with E-state index < -0.39 is 18.0 Å². The Morgan fingerprint density at radius 3 is 2.29 bits per heavy atom. The lowest BCUT2D eigenvalue weighted by molar-refractivity contribution is -0.146. The SMILES string of the molecule is C1=CN=C1.C=CCC(OC(C)=O)C(=C)C(=O)O. The Balaban J connectivity index is 0.000000529. The van der Waals surface area contributed by atoms with Crippen LogP contribution in [-0.2, 0) is 14.3 Å². The number of aliphatic imine (C=N–C) groups is 1. The molecule has 0 aromatic rings. The highest BCUT2D eigenvalue weighted by Gasteiger charge is 2.19. The number of esters is 1. The Morgan fingerprint density at radius 1 is 1.59 bits per heavy atom. The van der Waals surface area contributed by atoms with Gasteiger partial charge in [0.05, 0.1) is 5.57 Å². The molecule has 0 saturated heterocycles. The lowest BCUT2D eigenvalue weighted by Gasteiger charge is -2.14. The molecular formula is C12H15NO4. The second kappa shape index (κ2) is 8.04. The van der Waals surface area contributed by atoms with Crippen molar-refractivity contribution in [3.05, 3.63) is 37.1 Å². The van der Waals surface area contributed by atoms with E-state index in [1.54, 1.807) is 12.4 Å². The minimum absolute atomic E-state index is 0.143. The highest BCUT2D eigenvalue weighted by atomic mass is 16.5. The van der Waals surface area contributed by atoms with E-state index in [4.69, 9.17) is 9.84 Å².